The quantitative estimate of drug-likeness (QED) is 0.0222. The van der Waals surface area contributed by atoms with Crippen LogP contribution < -0.4 is 0 Å². The number of phosphoric acid groups is 2. The molecule has 17 nitrogen and oxygen atoms in total. The summed E-state index contributed by atoms with van der Waals surface area (Å²) < 4.78 is 68.5. The van der Waals surface area contributed by atoms with E-state index in [1.54, 1.807) is 0 Å². The molecule has 0 amide bonds. The Morgan fingerprint density at radius 2 is 0.537 bits per heavy atom. The van der Waals surface area contributed by atoms with Crippen LogP contribution in [-0.2, 0) is 65.4 Å². The van der Waals surface area contributed by atoms with E-state index in [0.717, 1.165) is 108 Å². The summed E-state index contributed by atoms with van der Waals surface area (Å²) in [6.45, 7) is 11.8. The number of phosphoric ester groups is 2. The highest BCUT2D eigenvalue weighted by Crippen LogP contribution is 2.45. The number of aliphatic hydroxyl groups excluding tert-OH is 1. The summed E-state index contributed by atoms with van der Waals surface area (Å²) in [6, 6.07) is 0. The lowest BCUT2D eigenvalue weighted by molar-refractivity contribution is -0.161. The second-order valence-corrected chi connectivity index (χ2v) is 31.5. The fraction of sp³-hybridized carbons (Fsp3) is 0.947. The maximum atomic E-state index is 13.1. The molecule has 6 atom stereocenters. The first kappa shape index (κ1) is 93.1. The van der Waals surface area contributed by atoms with Crippen LogP contribution in [0.25, 0.3) is 0 Å². The Hall–Kier alpha value is -1.94. The fourth-order valence-electron chi connectivity index (χ4n) is 11.6. The summed E-state index contributed by atoms with van der Waals surface area (Å²) >= 11 is 0. The van der Waals surface area contributed by atoms with Crippen molar-refractivity contribution in [3.63, 3.8) is 0 Å². The van der Waals surface area contributed by atoms with Gasteiger partial charge in [-0.25, -0.2) is 9.13 Å². The standard InChI is InChI=1S/C76H148O17P2/c1-8-10-11-12-13-14-15-16-17-18-19-20-21-22-23-26-30-36-45-52-59-75(80)92-71(63-86-73(78)57-50-43-35-29-27-24-25-28-33-40-47-54-67(3)4)65-90-94(82,83)88-61-70(77)62-89-95(84,85)91-66-72(64-87-74(79)58-51-44-39-38-41-48-55-68(5)6)93-76(81)60-53-46-37-32-31-34-42-49-56-69(7)9-2/h67-72,77H,8-66H2,1-7H3,(H,82,83)(H,84,85)/t69?,70-,71-,72-/m1/s1. The van der Waals surface area contributed by atoms with E-state index in [1.807, 2.05) is 0 Å². The molecule has 0 aliphatic rings. The van der Waals surface area contributed by atoms with Crippen LogP contribution in [0.15, 0.2) is 0 Å². The van der Waals surface area contributed by atoms with Crippen LogP contribution in [-0.4, -0.2) is 96.7 Å². The van der Waals surface area contributed by atoms with Gasteiger partial charge >= 0.3 is 39.5 Å². The highest BCUT2D eigenvalue weighted by atomic mass is 31.2. The number of aliphatic hydroxyl groups is 1. The van der Waals surface area contributed by atoms with Gasteiger partial charge in [-0.1, -0.05) is 337 Å². The number of esters is 4. The van der Waals surface area contributed by atoms with Gasteiger partial charge in [-0.3, -0.25) is 37.3 Å². The average Bonchev–Trinajstić information content (AvgIpc) is 2.92. The summed E-state index contributed by atoms with van der Waals surface area (Å²) in [6.07, 6.45) is 52.9. The SMILES string of the molecule is CCCCCCCCCCCCCCCCCCCCCCC(=O)O[C@H](COC(=O)CCCCCCCCCCCCCC(C)C)COP(=O)(O)OC[C@@H](O)COP(=O)(O)OC[C@@H](COC(=O)CCCCCCCCC(C)C)OC(=O)CCCCCCCCCCC(C)CC. The summed E-state index contributed by atoms with van der Waals surface area (Å²) in [4.78, 5) is 72.7. The lowest BCUT2D eigenvalue weighted by atomic mass is 9.99. The van der Waals surface area contributed by atoms with Gasteiger partial charge in [-0.15, -0.1) is 0 Å². The molecule has 3 unspecified atom stereocenters. The zero-order valence-corrected chi connectivity index (χ0v) is 63.9. The van der Waals surface area contributed by atoms with Gasteiger partial charge in [0, 0.05) is 25.7 Å². The van der Waals surface area contributed by atoms with Crippen molar-refractivity contribution in [1.82, 2.24) is 0 Å². The van der Waals surface area contributed by atoms with Crippen LogP contribution >= 0.6 is 15.6 Å². The smallest absolute Gasteiger partial charge is 0.462 e. The van der Waals surface area contributed by atoms with Crippen molar-refractivity contribution in [2.24, 2.45) is 17.8 Å². The van der Waals surface area contributed by atoms with Gasteiger partial charge in [-0.2, -0.15) is 0 Å². The van der Waals surface area contributed by atoms with Crippen LogP contribution in [0.4, 0.5) is 0 Å². The van der Waals surface area contributed by atoms with E-state index in [2.05, 4.69) is 48.5 Å². The van der Waals surface area contributed by atoms with Crippen molar-refractivity contribution < 1.29 is 80.2 Å². The van der Waals surface area contributed by atoms with Crippen LogP contribution in [0.2, 0.25) is 0 Å². The van der Waals surface area contributed by atoms with Crippen molar-refractivity contribution in [1.29, 1.82) is 0 Å². The monoisotopic (exact) mass is 1400 g/mol. The molecule has 0 aromatic rings. The zero-order valence-electron chi connectivity index (χ0n) is 62.1. The third-order valence-corrected chi connectivity index (χ3v) is 19.9. The molecular weight excluding hydrogens is 1250 g/mol. The highest BCUT2D eigenvalue weighted by molar-refractivity contribution is 7.47. The maximum Gasteiger partial charge on any atom is 0.472 e. The van der Waals surface area contributed by atoms with Crippen LogP contribution in [0.1, 0.15) is 389 Å². The molecule has 0 aliphatic carbocycles. The van der Waals surface area contributed by atoms with Gasteiger partial charge in [0.05, 0.1) is 26.4 Å². The summed E-state index contributed by atoms with van der Waals surface area (Å²) in [5.74, 6) is 0.0976. The van der Waals surface area contributed by atoms with Crippen molar-refractivity contribution in [3.8, 4) is 0 Å². The van der Waals surface area contributed by atoms with Gasteiger partial charge in [-0.05, 0) is 43.4 Å². The van der Waals surface area contributed by atoms with Crippen molar-refractivity contribution in [2.75, 3.05) is 39.6 Å². The number of hydrogen-bond acceptors (Lipinski definition) is 15. The largest absolute Gasteiger partial charge is 0.472 e. The lowest BCUT2D eigenvalue weighted by Crippen LogP contribution is -2.30. The minimum Gasteiger partial charge on any atom is -0.462 e. The Labute approximate surface area is 581 Å². The molecule has 0 saturated carbocycles. The van der Waals surface area contributed by atoms with Gasteiger partial charge in [0.25, 0.3) is 0 Å². The first-order valence-corrected chi connectivity index (χ1v) is 42.4. The molecule has 19 heteroatoms. The summed E-state index contributed by atoms with van der Waals surface area (Å²) in [5, 5.41) is 10.6. The topological polar surface area (TPSA) is 237 Å². The average molecular weight is 1400 g/mol. The van der Waals surface area contributed by atoms with E-state index in [9.17, 15) is 43.2 Å². The highest BCUT2D eigenvalue weighted by Gasteiger charge is 2.30. The first-order valence-electron chi connectivity index (χ1n) is 39.4. The Morgan fingerprint density at radius 3 is 0.800 bits per heavy atom. The molecule has 0 heterocycles. The van der Waals surface area contributed by atoms with Crippen molar-refractivity contribution in [2.45, 2.75) is 407 Å². The Bertz CT molecular complexity index is 1850. The first-order chi connectivity index (χ1) is 45.8. The molecule has 0 saturated heterocycles. The molecule has 0 rings (SSSR count). The third kappa shape index (κ3) is 69.0. The predicted molar refractivity (Wildman–Crippen MR) is 386 cm³/mol. The van der Waals surface area contributed by atoms with Gasteiger partial charge < -0.3 is 33.8 Å². The Morgan fingerprint density at radius 1 is 0.305 bits per heavy atom. The van der Waals surface area contributed by atoms with E-state index in [0.29, 0.717) is 31.6 Å². The lowest BCUT2D eigenvalue weighted by Gasteiger charge is -2.21. The molecule has 0 aromatic carbocycles. The molecular formula is C76H148O17P2. The molecule has 0 aliphatic heterocycles. The van der Waals surface area contributed by atoms with Crippen molar-refractivity contribution in [3.05, 3.63) is 0 Å². The number of carbonyl (C=O) groups excluding carboxylic acids is 4. The maximum absolute atomic E-state index is 13.1. The fourth-order valence-corrected chi connectivity index (χ4v) is 13.1. The predicted octanol–water partition coefficient (Wildman–Crippen LogP) is 22.2. The normalized spacial score (nSPS) is 14.4. The van der Waals surface area contributed by atoms with E-state index < -0.39 is 97.5 Å². The van der Waals surface area contributed by atoms with Crippen LogP contribution in [0, 0.1) is 17.8 Å². The second-order valence-electron chi connectivity index (χ2n) is 28.6. The minimum absolute atomic E-state index is 0.104. The van der Waals surface area contributed by atoms with Gasteiger partial charge in [0.1, 0.15) is 19.3 Å². The van der Waals surface area contributed by atoms with Gasteiger partial charge in [0.15, 0.2) is 12.2 Å². The number of carbonyl (C=O) groups is 4. The Balaban J connectivity index is 5.22. The van der Waals surface area contributed by atoms with E-state index in [-0.39, 0.29) is 25.7 Å². The number of rotatable bonds is 74. The minimum atomic E-state index is -4.96. The van der Waals surface area contributed by atoms with Crippen LogP contribution in [0.5, 0.6) is 0 Å². The molecule has 95 heavy (non-hydrogen) atoms. The number of ether oxygens (including phenoxy) is 4. The number of hydrogen-bond donors (Lipinski definition) is 3. The molecule has 3 N–H and O–H groups in total. The van der Waals surface area contributed by atoms with E-state index >= 15 is 0 Å². The molecule has 0 radical (unpaired) electrons. The van der Waals surface area contributed by atoms with Gasteiger partial charge in [0.2, 0.25) is 0 Å². The Kier molecular flexibility index (Phi) is 65.2. The second kappa shape index (κ2) is 66.6. The van der Waals surface area contributed by atoms with E-state index in [1.165, 1.54) is 193 Å². The van der Waals surface area contributed by atoms with E-state index in [4.69, 9.17) is 37.0 Å². The third-order valence-electron chi connectivity index (χ3n) is 18.0. The molecule has 0 aromatic heterocycles. The number of unbranched alkanes of at least 4 members (excludes halogenated alkanes) is 41. The molecule has 0 bridgehead atoms. The molecule has 0 spiro atoms. The summed E-state index contributed by atoms with van der Waals surface area (Å²) in [7, 11) is -9.91. The van der Waals surface area contributed by atoms with Crippen LogP contribution in [0.3, 0.4) is 0 Å². The summed E-state index contributed by atoms with van der Waals surface area (Å²) in [5.41, 5.74) is 0. The molecule has 564 valence electrons. The zero-order chi connectivity index (χ0) is 70.1. The molecule has 0 fully saturated rings. The van der Waals surface area contributed by atoms with Crippen molar-refractivity contribution >= 4 is 39.5 Å².